The summed E-state index contributed by atoms with van der Waals surface area (Å²) in [6.45, 7) is 6.40. The molecule has 2 atom stereocenters. The maximum atomic E-state index is 11.6. The van der Waals surface area contributed by atoms with E-state index in [0.29, 0.717) is 12.6 Å². The number of hydrogen-bond acceptors (Lipinski definition) is 3. The van der Waals surface area contributed by atoms with Gasteiger partial charge in [0.1, 0.15) is 5.75 Å². The molecule has 0 aromatic heterocycles. The van der Waals surface area contributed by atoms with Crippen LogP contribution in [0.25, 0.3) is 0 Å². The molecule has 0 spiro atoms. The minimum absolute atomic E-state index is 0.0876. The molecule has 4 heteroatoms. The highest BCUT2D eigenvalue weighted by atomic mass is 16.5. The Kier molecular flexibility index (Phi) is 6.36. The van der Waals surface area contributed by atoms with Crippen LogP contribution in [0.4, 0.5) is 0 Å². The quantitative estimate of drug-likeness (QED) is 0.788. The minimum Gasteiger partial charge on any atom is -0.481 e. The summed E-state index contributed by atoms with van der Waals surface area (Å²) in [5.41, 5.74) is 1.25. The van der Waals surface area contributed by atoms with Crippen LogP contribution in [0.2, 0.25) is 0 Å². The highest BCUT2D eigenvalue weighted by Gasteiger charge is 2.13. The first-order valence-electron chi connectivity index (χ1n) is 6.77. The topological polar surface area (TPSA) is 50.4 Å². The van der Waals surface area contributed by atoms with Gasteiger partial charge in [0.2, 0.25) is 0 Å². The highest BCUT2D eigenvalue weighted by Crippen LogP contribution is 2.15. The number of carbonyl (C=O) groups excluding carboxylic acids is 1. The van der Waals surface area contributed by atoms with Crippen molar-refractivity contribution in [1.82, 2.24) is 10.6 Å². The lowest BCUT2D eigenvalue weighted by Crippen LogP contribution is -2.36. The molecule has 19 heavy (non-hydrogen) atoms. The SMILES string of the molecule is CCNC(=O)C(C)Oc1ccc(CC(C)NC)cc1. The first-order chi connectivity index (χ1) is 9.06. The largest absolute Gasteiger partial charge is 0.481 e. The molecule has 0 aliphatic rings. The third kappa shape index (κ3) is 5.30. The third-order valence-corrected chi connectivity index (χ3v) is 2.99. The standard InChI is InChI=1S/C15H24N2O2/c1-5-17-15(18)12(3)19-14-8-6-13(7-9-14)10-11(2)16-4/h6-9,11-12,16H,5,10H2,1-4H3,(H,17,18). The molecule has 2 N–H and O–H groups in total. The van der Waals surface area contributed by atoms with E-state index in [0.717, 1.165) is 12.2 Å². The van der Waals surface area contributed by atoms with Crippen molar-refractivity contribution < 1.29 is 9.53 Å². The van der Waals surface area contributed by atoms with Gasteiger partial charge < -0.3 is 15.4 Å². The Morgan fingerprint density at radius 3 is 2.42 bits per heavy atom. The number of likely N-dealkylation sites (N-methyl/N-ethyl adjacent to an activating group) is 2. The van der Waals surface area contributed by atoms with Gasteiger partial charge in [-0.25, -0.2) is 0 Å². The molecule has 4 nitrogen and oxygen atoms in total. The molecule has 0 saturated carbocycles. The van der Waals surface area contributed by atoms with Crippen LogP contribution in [0, 0.1) is 0 Å². The van der Waals surface area contributed by atoms with Crippen molar-refractivity contribution in [2.75, 3.05) is 13.6 Å². The third-order valence-electron chi connectivity index (χ3n) is 2.99. The van der Waals surface area contributed by atoms with Gasteiger partial charge in [0.15, 0.2) is 6.10 Å². The summed E-state index contributed by atoms with van der Waals surface area (Å²) < 4.78 is 5.59. The Labute approximate surface area is 115 Å². The fraction of sp³-hybridized carbons (Fsp3) is 0.533. The number of benzene rings is 1. The monoisotopic (exact) mass is 264 g/mol. The summed E-state index contributed by atoms with van der Waals surface area (Å²) in [5.74, 6) is 0.634. The van der Waals surface area contributed by atoms with E-state index in [1.54, 1.807) is 6.92 Å². The molecule has 2 unspecified atom stereocenters. The van der Waals surface area contributed by atoms with E-state index in [1.165, 1.54) is 5.56 Å². The van der Waals surface area contributed by atoms with Crippen LogP contribution in [0.15, 0.2) is 24.3 Å². The Morgan fingerprint density at radius 2 is 1.89 bits per heavy atom. The maximum Gasteiger partial charge on any atom is 0.260 e. The van der Waals surface area contributed by atoms with Gasteiger partial charge in [-0.2, -0.15) is 0 Å². The van der Waals surface area contributed by atoms with Crippen molar-refractivity contribution in [3.8, 4) is 5.75 Å². The van der Waals surface area contributed by atoms with E-state index in [2.05, 4.69) is 17.6 Å². The van der Waals surface area contributed by atoms with Gasteiger partial charge in [-0.05, 0) is 51.9 Å². The van der Waals surface area contributed by atoms with E-state index in [1.807, 2.05) is 38.2 Å². The number of nitrogens with one attached hydrogen (secondary N) is 2. The van der Waals surface area contributed by atoms with Gasteiger partial charge >= 0.3 is 0 Å². The summed E-state index contributed by atoms with van der Waals surface area (Å²) in [4.78, 5) is 11.6. The molecule has 0 bridgehead atoms. The second-order valence-electron chi connectivity index (χ2n) is 4.69. The predicted molar refractivity (Wildman–Crippen MR) is 77.4 cm³/mol. The zero-order valence-electron chi connectivity index (χ0n) is 12.2. The van der Waals surface area contributed by atoms with Crippen LogP contribution in [-0.4, -0.2) is 31.6 Å². The van der Waals surface area contributed by atoms with Crippen molar-refractivity contribution >= 4 is 5.91 Å². The Balaban J connectivity index is 2.54. The number of amides is 1. The number of hydrogen-bond donors (Lipinski definition) is 2. The molecule has 1 amide bonds. The zero-order valence-corrected chi connectivity index (χ0v) is 12.2. The maximum absolute atomic E-state index is 11.6. The molecule has 0 radical (unpaired) electrons. The van der Waals surface area contributed by atoms with Gasteiger partial charge in [-0.3, -0.25) is 4.79 Å². The molecular formula is C15H24N2O2. The van der Waals surface area contributed by atoms with Gasteiger partial charge in [0.05, 0.1) is 0 Å². The van der Waals surface area contributed by atoms with Crippen molar-refractivity contribution in [3.05, 3.63) is 29.8 Å². The van der Waals surface area contributed by atoms with E-state index >= 15 is 0 Å². The number of carbonyl (C=O) groups is 1. The molecule has 0 saturated heterocycles. The van der Waals surface area contributed by atoms with Crippen molar-refractivity contribution in [2.45, 2.75) is 39.3 Å². The van der Waals surface area contributed by atoms with Crippen molar-refractivity contribution in [1.29, 1.82) is 0 Å². The summed E-state index contributed by atoms with van der Waals surface area (Å²) in [6, 6.07) is 8.34. The molecule has 1 rings (SSSR count). The van der Waals surface area contributed by atoms with E-state index < -0.39 is 6.10 Å². The Hall–Kier alpha value is -1.55. The first-order valence-corrected chi connectivity index (χ1v) is 6.77. The van der Waals surface area contributed by atoms with E-state index in [4.69, 9.17) is 4.74 Å². The van der Waals surface area contributed by atoms with Crippen LogP contribution in [-0.2, 0) is 11.2 Å². The van der Waals surface area contributed by atoms with Gasteiger partial charge in [-0.15, -0.1) is 0 Å². The Bertz CT molecular complexity index is 390. The molecule has 0 heterocycles. The lowest BCUT2D eigenvalue weighted by Gasteiger charge is -2.15. The summed E-state index contributed by atoms with van der Waals surface area (Å²) >= 11 is 0. The number of ether oxygens (including phenoxy) is 1. The van der Waals surface area contributed by atoms with Gasteiger partial charge in [0, 0.05) is 12.6 Å². The highest BCUT2D eigenvalue weighted by molar-refractivity contribution is 5.80. The zero-order chi connectivity index (χ0) is 14.3. The normalized spacial score (nSPS) is 13.7. The lowest BCUT2D eigenvalue weighted by atomic mass is 10.1. The van der Waals surface area contributed by atoms with Crippen LogP contribution in [0.1, 0.15) is 26.3 Å². The molecular weight excluding hydrogens is 240 g/mol. The summed E-state index contributed by atoms with van der Waals surface area (Å²) in [5, 5.41) is 5.94. The summed E-state index contributed by atoms with van der Waals surface area (Å²) in [6.07, 6.45) is 0.505. The van der Waals surface area contributed by atoms with Crippen LogP contribution in [0.3, 0.4) is 0 Å². The molecule has 0 fully saturated rings. The molecule has 0 aliphatic heterocycles. The molecule has 106 valence electrons. The van der Waals surface area contributed by atoms with Crippen molar-refractivity contribution in [2.24, 2.45) is 0 Å². The summed E-state index contributed by atoms with van der Waals surface area (Å²) in [7, 11) is 1.95. The van der Waals surface area contributed by atoms with Crippen molar-refractivity contribution in [3.63, 3.8) is 0 Å². The lowest BCUT2D eigenvalue weighted by molar-refractivity contribution is -0.127. The second kappa shape index (κ2) is 7.79. The van der Waals surface area contributed by atoms with Gasteiger partial charge in [-0.1, -0.05) is 12.1 Å². The first kappa shape index (κ1) is 15.5. The smallest absolute Gasteiger partial charge is 0.260 e. The van der Waals surface area contributed by atoms with Crippen LogP contribution < -0.4 is 15.4 Å². The van der Waals surface area contributed by atoms with Crippen LogP contribution >= 0.6 is 0 Å². The minimum atomic E-state index is -0.470. The van der Waals surface area contributed by atoms with Gasteiger partial charge in [0.25, 0.3) is 5.91 Å². The average Bonchev–Trinajstić information content (AvgIpc) is 2.41. The fourth-order valence-electron chi connectivity index (χ4n) is 1.74. The predicted octanol–water partition coefficient (Wildman–Crippen LogP) is 1.74. The molecule has 1 aromatic carbocycles. The van der Waals surface area contributed by atoms with Crippen LogP contribution in [0.5, 0.6) is 5.75 Å². The second-order valence-corrected chi connectivity index (χ2v) is 4.69. The Morgan fingerprint density at radius 1 is 1.26 bits per heavy atom. The van der Waals surface area contributed by atoms with E-state index in [-0.39, 0.29) is 5.91 Å². The number of rotatable bonds is 7. The van der Waals surface area contributed by atoms with E-state index in [9.17, 15) is 4.79 Å². The average molecular weight is 264 g/mol. The molecule has 1 aromatic rings. The molecule has 0 aliphatic carbocycles. The fourth-order valence-corrected chi connectivity index (χ4v) is 1.74.